The van der Waals surface area contributed by atoms with Crippen molar-refractivity contribution in [3.8, 4) is 0 Å². The van der Waals surface area contributed by atoms with Gasteiger partial charge in [0.15, 0.2) is 0 Å². The summed E-state index contributed by atoms with van der Waals surface area (Å²) in [7, 11) is 0. The number of hydrogen-bond donors (Lipinski definition) is 1. The number of hydrogen-bond acceptors (Lipinski definition) is 1. The molecule has 0 aliphatic carbocycles. The standard InChI is InChI=1S/C12H17Cl2N/c1-12(2,3)8-15-7-9-10(13)5-4-6-11(9)14/h4-6,15H,7-8H2,1-3H3. The van der Waals surface area contributed by atoms with Gasteiger partial charge in [0.05, 0.1) is 0 Å². The van der Waals surface area contributed by atoms with Crippen LogP contribution in [0.25, 0.3) is 0 Å². The second-order valence-corrected chi connectivity index (χ2v) is 5.68. The summed E-state index contributed by atoms with van der Waals surface area (Å²) in [6.45, 7) is 8.22. The van der Waals surface area contributed by atoms with E-state index in [-0.39, 0.29) is 5.41 Å². The van der Waals surface area contributed by atoms with Gasteiger partial charge in [-0.3, -0.25) is 0 Å². The van der Waals surface area contributed by atoms with E-state index in [4.69, 9.17) is 23.2 Å². The highest BCUT2D eigenvalue weighted by atomic mass is 35.5. The average Bonchev–Trinajstić information content (AvgIpc) is 2.08. The lowest BCUT2D eigenvalue weighted by Crippen LogP contribution is -2.26. The third kappa shape index (κ3) is 4.42. The molecule has 0 heterocycles. The third-order valence-electron chi connectivity index (χ3n) is 2.02. The van der Waals surface area contributed by atoms with Crippen molar-refractivity contribution in [2.75, 3.05) is 6.54 Å². The van der Waals surface area contributed by atoms with E-state index < -0.39 is 0 Å². The van der Waals surface area contributed by atoms with Crippen LogP contribution in [0.4, 0.5) is 0 Å². The van der Waals surface area contributed by atoms with Gasteiger partial charge < -0.3 is 5.32 Å². The summed E-state index contributed by atoms with van der Waals surface area (Å²) in [5.74, 6) is 0. The van der Waals surface area contributed by atoms with Gasteiger partial charge in [-0.2, -0.15) is 0 Å². The van der Waals surface area contributed by atoms with Crippen LogP contribution < -0.4 is 5.32 Å². The molecule has 1 aromatic carbocycles. The zero-order valence-corrected chi connectivity index (χ0v) is 10.9. The molecule has 0 unspecified atom stereocenters. The first kappa shape index (κ1) is 12.8. The van der Waals surface area contributed by atoms with Crippen molar-refractivity contribution in [1.29, 1.82) is 0 Å². The monoisotopic (exact) mass is 245 g/mol. The number of rotatable bonds is 3. The Morgan fingerprint density at radius 2 is 1.67 bits per heavy atom. The summed E-state index contributed by atoms with van der Waals surface area (Å²) in [4.78, 5) is 0. The molecule has 0 fully saturated rings. The second-order valence-electron chi connectivity index (χ2n) is 4.86. The Morgan fingerprint density at radius 1 is 1.13 bits per heavy atom. The lowest BCUT2D eigenvalue weighted by Gasteiger charge is -2.19. The number of halogens is 2. The van der Waals surface area contributed by atoms with E-state index in [2.05, 4.69) is 26.1 Å². The molecular weight excluding hydrogens is 229 g/mol. The van der Waals surface area contributed by atoms with Crippen molar-refractivity contribution in [3.05, 3.63) is 33.8 Å². The predicted molar refractivity (Wildman–Crippen MR) is 67.6 cm³/mol. The summed E-state index contributed by atoms with van der Waals surface area (Å²) < 4.78 is 0. The van der Waals surface area contributed by atoms with Crippen molar-refractivity contribution in [3.63, 3.8) is 0 Å². The lowest BCUT2D eigenvalue weighted by atomic mass is 9.97. The fraction of sp³-hybridized carbons (Fsp3) is 0.500. The van der Waals surface area contributed by atoms with Gasteiger partial charge in [0.2, 0.25) is 0 Å². The molecule has 0 bridgehead atoms. The molecule has 0 saturated heterocycles. The molecule has 84 valence electrons. The van der Waals surface area contributed by atoms with Gasteiger partial charge >= 0.3 is 0 Å². The van der Waals surface area contributed by atoms with Crippen LogP contribution in [0.15, 0.2) is 18.2 Å². The molecule has 1 rings (SSSR count). The topological polar surface area (TPSA) is 12.0 Å². The summed E-state index contributed by atoms with van der Waals surface area (Å²) in [5.41, 5.74) is 1.25. The average molecular weight is 246 g/mol. The first-order chi connectivity index (χ1) is 6.90. The van der Waals surface area contributed by atoms with E-state index in [1.54, 1.807) is 0 Å². The number of nitrogens with one attached hydrogen (secondary N) is 1. The molecule has 15 heavy (non-hydrogen) atoms. The zero-order chi connectivity index (χ0) is 11.5. The summed E-state index contributed by atoms with van der Waals surface area (Å²) >= 11 is 12.1. The Labute approximate surface area is 102 Å². The van der Waals surface area contributed by atoms with E-state index in [1.165, 1.54) is 0 Å². The molecule has 1 N–H and O–H groups in total. The van der Waals surface area contributed by atoms with Gasteiger partial charge in [-0.15, -0.1) is 0 Å². The molecule has 0 aliphatic heterocycles. The maximum absolute atomic E-state index is 6.06. The van der Waals surface area contributed by atoms with E-state index in [0.717, 1.165) is 28.7 Å². The van der Waals surface area contributed by atoms with E-state index in [1.807, 2.05) is 18.2 Å². The minimum atomic E-state index is 0.272. The normalized spacial score (nSPS) is 11.8. The van der Waals surface area contributed by atoms with Gasteiger partial charge in [0, 0.05) is 28.7 Å². The van der Waals surface area contributed by atoms with Crippen LogP contribution in [0.1, 0.15) is 26.3 Å². The molecule has 1 aromatic rings. The molecule has 0 amide bonds. The second kappa shape index (κ2) is 5.20. The Bertz CT molecular complexity index is 309. The van der Waals surface area contributed by atoms with Crippen LogP contribution in [0.3, 0.4) is 0 Å². The van der Waals surface area contributed by atoms with Crippen LogP contribution in [0, 0.1) is 5.41 Å². The van der Waals surface area contributed by atoms with Gasteiger partial charge in [-0.1, -0.05) is 50.0 Å². The molecule has 0 saturated carbocycles. The largest absolute Gasteiger partial charge is 0.312 e. The minimum Gasteiger partial charge on any atom is -0.312 e. The predicted octanol–water partition coefficient (Wildman–Crippen LogP) is 4.13. The highest BCUT2D eigenvalue weighted by molar-refractivity contribution is 6.35. The van der Waals surface area contributed by atoms with E-state index in [0.29, 0.717) is 0 Å². The maximum atomic E-state index is 6.06. The fourth-order valence-electron chi connectivity index (χ4n) is 1.26. The summed E-state index contributed by atoms with van der Waals surface area (Å²) in [6.07, 6.45) is 0. The summed E-state index contributed by atoms with van der Waals surface area (Å²) in [5, 5.41) is 4.81. The molecule has 0 aliphatic rings. The van der Waals surface area contributed by atoms with Crippen LogP contribution in [-0.4, -0.2) is 6.54 Å². The SMILES string of the molecule is CC(C)(C)CNCc1c(Cl)cccc1Cl. The molecule has 0 spiro atoms. The highest BCUT2D eigenvalue weighted by Crippen LogP contribution is 2.24. The van der Waals surface area contributed by atoms with Crippen molar-refractivity contribution in [2.24, 2.45) is 5.41 Å². The Kier molecular flexibility index (Phi) is 4.45. The minimum absolute atomic E-state index is 0.272. The highest BCUT2D eigenvalue weighted by Gasteiger charge is 2.10. The molecule has 0 aromatic heterocycles. The van der Waals surface area contributed by atoms with E-state index >= 15 is 0 Å². The number of benzene rings is 1. The first-order valence-corrected chi connectivity index (χ1v) is 5.79. The van der Waals surface area contributed by atoms with Crippen LogP contribution >= 0.6 is 23.2 Å². The van der Waals surface area contributed by atoms with Gasteiger partial charge in [0.1, 0.15) is 0 Å². The smallest absolute Gasteiger partial charge is 0.0465 e. The summed E-state index contributed by atoms with van der Waals surface area (Å²) in [6, 6.07) is 5.58. The van der Waals surface area contributed by atoms with Crippen molar-refractivity contribution < 1.29 is 0 Å². The molecule has 0 radical (unpaired) electrons. The van der Waals surface area contributed by atoms with Crippen molar-refractivity contribution >= 4 is 23.2 Å². The van der Waals surface area contributed by atoms with Crippen LogP contribution in [0.2, 0.25) is 10.0 Å². The molecule has 0 atom stereocenters. The molecule has 3 heteroatoms. The van der Waals surface area contributed by atoms with E-state index in [9.17, 15) is 0 Å². The molecular formula is C12H17Cl2N. The van der Waals surface area contributed by atoms with Gasteiger partial charge in [0.25, 0.3) is 0 Å². The first-order valence-electron chi connectivity index (χ1n) is 5.04. The van der Waals surface area contributed by atoms with Gasteiger partial charge in [-0.25, -0.2) is 0 Å². The van der Waals surface area contributed by atoms with Crippen LogP contribution in [-0.2, 0) is 6.54 Å². The van der Waals surface area contributed by atoms with Crippen molar-refractivity contribution in [2.45, 2.75) is 27.3 Å². The lowest BCUT2D eigenvalue weighted by molar-refractivity contribution is 0.379. The Morgan fingerprint density at radius 3 is 2.13 bits per heavy atom. The molecule has 1 nitrogen and oxygen atoms in total. The third-order valence-corrected chi connectivity index (χ3v) is 2.73. The Balaban J connectivity index is 2.58. The van der Waals surface area contributed by atoms with Crippen LogP contribution in [0.5, 0.6) is 0 Å². The Hall–Kier alpha value is -0.240. The maximum Gasteiger partial charge on any atom is 0.0465 e. The van der Waals surface area contributed by atoms with Gasteiger partial charge in [-0.05, 0) is 17.5 Å². The zero-order valence-electron chi connectivity index (χ0n) is 9.40. The quantitative estimate of drug-likeness (QED) is 0.845. The van der Waals surface area contributed by atoms with Crippen molar-refractivity contribution in [1.82, 2.24) is 5.32 Å². The fourth-order valence-corrected chi connectivity index (χ4v) is 1.79.